The molecule has 8 heteroatoms. The molecule has 1 aliphatic heterocycles. The fourth-order valence-electron chi connectivity index (χ4n) is 3.26. The summed E-state index contributed by atoms with van der Waals surface area (Å²) in [4.78, 5) is 42.1. The second-order valence-electron chi connectivity index (χ2n) is 8.16. The van der Waals surface area contributed by atoms with Gasteiger partial charge in [0.2, 0.25) is 5.91 Å². The summed E-state index contributed by atoms with van der Waals surface area (Å²) in [6.45, 7) is 12.2. The summed E-state index contributed by atoms with van der Waals surface area (Å²) in [5.74, 6) is -0.514. The van der Waals surface area contributed by atoms with Crippen molar-refractivity contribution in [1.29, 1.82) is 0 Å². The molecule has 1 unspecified atom stereocenters. The van der Waals surface area contributed by atoms with Crippen LogP contribution in [0.25, 0.3) is 0 Å². The monoisotopic (exact) mass is 399 g/mol. The molecule has 1 rings (SSSR count). The predicted octanol–water partition coefficient (Wildman–Crippen LogP) is 2.12. The Kier molecular flexibility index (Phi) is 9.72. The average molecular weight is 400 g/mol. The van der Waals surface area contributed by atoms with E-state index in [1.165, 1.54) is 4.90 Å². The van der Waals surface area contributed by atoms with Crippen LogP contribution in [0.1, 0.15) is 53.9 Å². The van der Waals surface area contributed by atoms with Crippen LogP contribution in [0.3, 0.4) is 0 Å². The molecule has 1 atom stereocenters. The highest BCUT2D eigenvalue weighted by Crippen LogP contribution is 2.18. The lowest BCUT2D eigenvalue weighted by Gasteiger charge is -2.31. The number of hydrogen-bond acceptors (Lipinski definition) is 6. The second kappa shape index (κ2) is 11.2. The zero-order valence-electron chi connectivity index (χ0n) is 18.3. The highest BCUT2D eigenvalue weighted by molar-refractivity contribution is 5.82. The highest BCUT2D eigenvalue weighted by atomic mass is 16.6. The van der Waals surface area contributed by atoms with Crippen molar-refractivity contribution in [2.24, 2.45) is 0 Å². The molecule has 0 bridgehead atoms. The normalized spacial score (nSPS) is 17.3. The van der Waals surface area contributed by atoms with Gasteiger partial charge in [-0.1, -0.05) is 6.92 Å². The van der Waals surface area contributed by atoms with Gasteiger partial charge < -0.3 is 19.3 Å². The number of hydrogen-bond donors (Lipinski definition) is 0. The summed E-state index contributed by atoms with van der Waals surface area (Å²) < 4.78 is 10.3. The smallest absolute Gasteiger partial charge is 0.410 e. The minimum absolute atomic E-state index is 0.0867. The van der Waals surface area contributed by atoms with Gasteiger partial charge in [0.05, 0.1) is 13.0 Å². The van der Waals surface area contributed by atoms with Gasteiger partial charge in [-0.2, -0.15) is 0 Å². The minimum Gasteiger partial charge on any atom is -0.466 e. The molecule has 1 fully saturated rings. The summed E-state index contributed by atoms with van der Waals surface area (Å²) >= 11 is 0. The van der Waals surface area contributed by atoms with Crippen molar-refractivity contribution in [1.82, 2.24) is 14.7 Å². The second-order valence-corrected chi connectivity index (χ2v) is 8.16. The van der Waals surface area contributed by atoms with E-state index >= 15 is 0 Å². The number of likely N-dealkylation sites (tertiary alicyclic amines) is 1. The van der Waals surface area contributed by atoms with Gasteiger partial charge in [0.1, 0.15) is 12.1 Å². The molecule has 0 saturated carbocycles. The number of ether oxygens (including phenoxy) is 2. The maximum absolute atomic E-state index is 12.9. The van der Waals surface area contributed by atoms with Crippen molar-refractivity contribution in [3.05, 3.63) is 0 Å². The summed E-state index contributed by atoms with van der Waals surface area (Å²) in [6, 6.07) is 0.281. The molecule has 0 aromatic rings. The molecule has 0 aliphatic carbocycles. The van der Waals surface area contributed by atoms with Crippen LogP contribution >= 0.6 is 0 Å². The third kappa shape index (κ3) is 8.46. The molecule has 0 spiro atoms. The lowest BCUT2D eigenvalue weighted by atomic mass is 10.2. The number of amides is 2. The zero-order valence-corrected chi connectivity index (χ0v) is 18.3. The van der Waals surface area contributed by atoms with Crippen molar-refractivity contribution in [3.63, 3.8) is 0 Å². The van der Waals surface area contributed by atoms with Crippen LogP contribution in [0, 0.1) is 0 Å². The van der Waals surface area contributed by atoms with Crippen molar-refractivity contribution < 1.29 is 23.9 Å². The van der Waals surface area contributed by atoms with Crippen LogP contribution < -0.4 is 0 Å². The molecule has 0 N–H and O–H groups in total. The number of esters is 1. The predicted molar refractivity (Wildman–Crippen MR) is 107 cm³/mol. The first kappa shape index (κ1) is 24.2. The first-order valence-corrected chi connectivity index (χ1v) is 10.2. The molecule has 8 nitrogen and oxygen atoms in total. The van der Waals surface area contributed by atoms with Crippen LogP contribution in [0.5, 0.6) is 0 Å². The van der Waals surface area contributed by atoms with Gasteiger partial charge in [0.15, 0.2) is 0 Å². The summed E-state index contributed by atoms with van der Waals surface area (Å²) in [7, 11) is 1.55. The topological polar surface area (TPSA) is 79.4 Å². The Bertz CT molecular complexity index is 532. The third-order valence-corrected chi connectivity index (χ3v) is 4.66. The highest BCUT2D eigenvalue weighted by Gasteiger charge is 2.29. The Morgan fingerprint density at radius 3 is 2.43 bits per heavy atom. The van der Waals surface area contributed by atoms with Crippen molar-refractivity contribution >= 4 is 18.0 Å². The van der Waals surface area contributed by atoms with Gasteiger partial charge in [0.25, 0.3) is 0 Å². The van der Waals surface area contributed by atoms with E-state index in [4.69, 9.17) is 9.47 Å². The van der Waals surface area contributed by atoms with Gasteiger partial charge in [-0.05, 0) is 53.6 Å². The Hall–Kier alpha value is -1.83. The number of nitrogens with zero attached hydrogens (tertiary/aromatic N) is 3. The maximum atomic E-state index is 12.9. The van der Waals surface area contributed by atoms with Gasteiger partial charge in [-0.15, -0.1) is 0 Å². The molecule has 0 radical (unpaired) electrons. The molecule has 1 aliphatic rings. The van der Waals surface area contributed by atoms with Gasteiger partial charge >= 0.3 is 12.1 Å². The molecule has 2 amide bonds. The van der Waals surface area contributed by atoms with Crippen LogP contribution in [-0.2, 0) is 19.1 Å². The molecule has 162 valence electrons. The van der Waals surface area contributed by atoms with E-state index in [2.05, 4.69) is 11.8 Å². The number of rotatable bonds is 9. The van der Waals surface area contributed by atoms with Gasteiger partial charge in [0, 0.05) is 26.2 Å². The van der Waals surface area contributed by atoms with Crippen molar-refractivity contribution in [3.8, 4) is 0 Å². The maximum Gasteiger partial charge on any atom is 0.410 e. The Morgan fingerprint density at radius 2 is 1.86 bits per heavy atom. The molecular formula is C20H37N3O5. The van der Waals surface area contributed by atoms with E-state index in [1.807, 2.05) is 0 Å². The molecule has 1 saturated heterocycles. The van der Waals surface area contributed by atoms with E-state index in [1.54, 1.807) is 39.6 Å². The molecule has 28 heavy (non-hydrogen) atoms. The SMILES string of the molecule is CCOC(=O)CCN(CC1CCCN1CC)C(=O)CN(C)C(=O)OC(C)(C)C. The summed E-state index contributed by atoms with van der Waals surface area (Å²) in [6.07, 6.45) is 1.74. The number of likely N-dealkylation sites (N-methyl/N-ethyl adjacent to an activating group) is 2. The van der Waals surface area contributed by atoms with E-state index in [0.717, 1.165) is 25.9 Å². The molecular weight excluding hydrogens is 362 g/mol. The fourth-order valence-corrected chi connectivity index (χ4v) is 3.26. The minimum atomic E-state index is -0.622. The number of carbonyl (C=O) groups excluding carboxylic acids is 3. The van der Waals surface area contributed by atoms with E-state index < -0.39 is 11.7 Å². The van der Waals surface area contributed by atoms with Crippen LogP contribution in [-0.4, -0.2) is 90.7 Å². The standard InChI is InChI=1S/C20H37N3O5/c1-7-22-12-9-10-16(22)14-23(13-11-18(25)27-8-2)17(24)15-21(6)19(26)28-20(3,4)5/h16H,7-15H2,1-6H3. The molecule has 0 aromatic heterocycles. The number of carbonyl (C=O) groups is 3. The quantitative estimate of drug-likeness (QED) is 0.553. The third-order valence-electron chi connectivity index (χ3n) is 4.66. The van der Waals surface area contributed by atoms with Crippen molar-refractivity contribution in [2.75, 3.05) is 46.4 Å². The van der Waals surface area contributed by atoms with E-state index in [0.29, 0.717) is 13.2 Å². The Labute approximate surface area is 169 Å². The average Bonchev–Trinajstić information content (AvgIpc) is 3.04. The zero-order chi connectivity index (χ0) is 21.3. The van der Waals surface area contributed by atoms with Crippen molar-refractivity contribution in [2.45, 2.75) is 65.5 Å². The Morgan fingerprint density at radius 1 is 1.18 bits per heavy atom. The molecule has 1 heterocycles. The van der Waals surface area contributed by atoms with Crippen LogP contribution in [0.15, 0.2) is 0 Å². The van der Waals surface area contributed by atoms with Crippen LogP contribution in [0.4, 0.5) is 4.79 Å². The lowest BCUT2D eigenvalue weighted by molar-refractivity contribution is -0.144. The largest absolute Gasteiger partial charge is 0.466 e. The Balaban J connectivity index is 2.74. The van der Waals surface area contributed by atoms with Crippen LogP contribution in [0.2, 0.25) is 0 Å². The first-order valence-electron chi connectivity index (χ1n) is 10.2. The molecule has 0 aromatic carbocycles. The van der Waals surface area contributed by atoms with E-state index in [-0.39, 0.29) is 37.4 Å². The van der Waals surface area contributed by atoms with Gasteiger partial charge in [-0.3, -0.25) is 14.5 Å². The first-order chi connectivity index (χ1) is 13.1. The summed E-state index contributed by atoms with van der Waals surface area (Å²) in [5, 5.41) is 0. The van der Waals surface area contributed by atoms with Gasteiger partial charge in [-0.25, -0.2) is 4.79 Å². The fraction of sp³-hybridized carbons (Fsp3) is 0.850. The lowest BCUT2D eigenvalue weighted by Crippen LogP contribution is -2.48. The summed E-state index contributed by atoms with van der Waals surface area (Å²) in [5.41, 5.74) is -0.622. The van der Waals surface area contributed by atoms with E-state index in [9.17, 15) is 14.4 Å².